The molecule has 1 unspecified atom stereocenters. The lowest BCUT2D eigenvalue weighted by Gasteiger charge is -2.10. The molecule has 1 aliphatic heterocycles. The van der Waals surface area contributed by atoms with Crippen LogP contribution in [0.2, 0.25) is 0 Å². The first kappa shape index (κ1) is 10.8. The van der Waals surface area contributed by atoms with Crippen LogP contribution in [0.3, 0.4) is 0 Å². The van der Waals surface area contributed by atoms with Crippen molar-refractivity contribution in [1.29, 1.82) is 0 Å². The highest BCUT2D eigenvalue weighted by atomic mass is 35.5. The summed E-state index contributed by atoms with van der Waals surface area (Å²) in [6.45, 7) is 3.05. The number of carbonyl (C=O) groups is 1. The average Bonchev–Trinajstić information content (AvgIpc) is 2.49. The smallest absolute Gasteiger partial charge is 0.221 e. The lowest BCUT2D eigenvalue weighted by molar-refractivity contribution is -0.120. The van der Waals surface area contributed by atoms with Crippen molar-refractivity contribution in [2.45, 2.75) is 12.8 Å². The molecule has 0 aromatic rings. The Hall–Kier alpha value is -0.280. The Kier molecular flexibility index (Phi) is 4.53. The van der Waals surface area contributed by atoms with Crippen molar-refractivity contribution in [1.82, 2.24) is 10.2 Å². The summed E-state index contributed by atoms with van der Waals surface area (Å²) in [7, 11) is 2.11. The van der Waals surface area contributed by atoms with Crippen molar-refractivity contribution in [3.05, 3.63) is 0 Å². The van der Waals surface area contributed by atoms with Crippen LogP contribution >= 0.6 is 11.6 Å². The summed E-state index contributed by atoms with van der Waals surface area (Å²) < 4.78 is 0. The van der Waals surface area contributed by atoms with Gasteiger partial charge in [-0.2, -0.15) is 0 Å². The van der Waals surface area contributed by atoms with Crippen LogP contribution in [-0.4, -0.2) is 43.4 Å². The molecule has 1 N–H and O–H groups in total. The van der Waals surface area contributed by atoms with Crippen LogP contribution in [0.25, 0.3) is 0 Å². The standard InChI is InChI=1S/C9H17ClN2O/c1-12-5-3-8(7-12)6-11-9(13)2-4-10/h8H,2-7H2,1H3,(H,11,13). The molecule has 0 saturated carbocycles. The quantitative estimate of drug-likeness (QED) is 0.684. The van der Waals surface area contributed by atoms with Crippen LogP contribution < -0.4 is 5.32 Å². The first-order valence-corrected chi connectivity index (χ1v) is 5.27. The summed E-state index contributed by atoms with van der Waals surface area (Å²) >= 11 is 5.45. The van der Waals surface area contributed by atoms with E-state index < -0.39 is 0 Å². The van der Waals surface area contributed by atoms with Crippen molar-refractivity contribution in [2.75, 3.05) is 32.6 Å². The number of carbonyl (C=O) groups excluding carboxylic acids is 1. The fourth-order valence-corrected chi connectivity index (χ4v) is 1.80. The largest absolute Gasteiger partial charge is 0.356 e. The van der Waals surface area contributed by atoms with Crippen LogP contribution in [0.4, 0.5) is 0 Å². The van der Waals surface area contributed by atoms with Crippen molar-refractivity contribution in [3.63, 3.8) is 0 Å². The molecule has 1 aliphatic rings. The topological polar surface area (TPSA) is 32.3 Å². The second kappa shape index (κ2) is 5.45. The van der Waals surface area contributed by atoms with Crippen LogP contribution in [0.15, 0.2) is 0 Å². The summed E-state index contributed by atoms with van der Waals surface area (Å²) in [6, 6.07) is 0. The molecule has 0 aliphatic carbocycles. The van der Waals surface area contributed by atoms with E-state index in [1.54, 1.807) is 0 Å². The maximum absolute atomic E-state index is 11.1. The number of halogens is 1. The molecular weight excluding hydrogens is 188 g/mol. The van der Waals surface area contributed by atoms with Gasteiger partial charge < -0.3 is 10.2 Å². The average molecular weight is 205 g/mol. The van der Waals surface area contributed by atoms with Gasteiger partial charge in [0.2, 0.25) is 5.91 Å². The van der Waals surface area contributed by atoms with Crippen molar-refractivity contribution < 1.29 is 4.79 Å². The van der Waals surface area contributed by atoms with E-state index in [-0.39, 0.29) is 5.91 Å². The Bertz CT molecular complexity index is 175. The summed E-state index contributed by atoms with van der Waals surface area (Å²) in [4.78, 5) is 13.4. The molecule has 4 heteroatoms. The predicted octanol–water partition coefficient (Wildman–Crippen LogP) is 0.683. The molecule has 0 aromatic carbocycles. The fraction of sp³-hybridized carbons (Fsp3) is 0.889. The molecule has 1 amide bonds. The van der Waals surface area contributed by atoms with E-state index in [0.717, 1.165) is 19.6 Å². The number of amides is 1. The zero-order valence-electron chi connectivity index (χ0n) is 8.05. The van der Waals surface area contributed by atoms with Crippen molar-refractivity contribution >= 4 is 17.5 Å². The van der Waals surface area contributed by atoms with Gasteiger partial charge in [0.05, 0.1) is 0 Å². The molecule has 1 fully saturated rings. The predicted molar refractivity (Wildman–Crippen MR) is 54.0 cm³/mol. The third-order valence-corrected chi connectivity index (χ3v) is 2.59. The molecular formula is C9H17ClN2O. The number of nitrogens with one attached hydrogen (secondary N) is 1. The molecule has 1 atom stereocenters. The number of hydrogen-bond donors (Lipinski definition) is 1. The SMILES string of the molecule is CN1CCC(CNC(=O)CCCl)C1. The molecule has 0 spiro atoms. The van der Waals surface area contributed by atoms with Crippen LogP contribution in [0.1, 0.15) is 12.8 Å². The molecule has 0 aromatic heterocycles. The van der Waals surface area contributed by atoms with Gasteiger partial charge in [-0.25, -0.2) is 0 Å². The van der Waals surface area contributed by atoms with Gasteiger partial charge in [-0.3, -0.25) is 4.79 Å². The highest BCUT2D eigenvalue weighted by Crippen LogP contribution is 2.12. The zero-order valence-corrected chi connectivity index (χ0v) is 8.81. The maximum atomic E-state index is 11.1. The molecule has 1 heterocycles. The first-order valence-electron chi connectivity index (χ1n) is 4.73. The highest BCUT2D eigenvalue weighted by molar-refractivity contribution is 6.18. The highest BCUT2D eigenvalue weighted by Gasteiger charge is 2.19. The van der Waals surface area contributed by atoms with E-state index in [1.165, 1.54) is 6.42 Å². The Morgan fingerprint density at radius 2 is 2.46 bits per heavy atom. The Morgan fingerprint density at radius 3 is 3.00 bits per heavy atom. The minimum atomic E-state index is 0.0737. The first-order chi connectivity index (χ1) is 6.22. The van der Waals surface area contributed by atoms with Gasteiger partial charge in [0, 0.05) is 25.4 Å². The third-order valence-electron chi connectivity index (χ3n) is 2.40. The number of rotatable bonds is 4. The van der Waals surface area contributed by atoms with Gasteiger partial charge in [-0.05, 0) is 25.9 Å². The number of nitrogens with zero attached hydrogens (tertiary/aromatic N) is 1. The van der Waals surface area contributed by atoms with E-state index in [2.05, 4.69) is 17.3 Å². The Balaban J connectivity index is 2.09. The molecule has 1 saturated heterocycles. The molecule has 3 nitrogen and oxygen atoms in total. The minimum Gasteiger partial charge on any atom is -0.356 e. The molecule has 13 heavy (non-hydrogen) atoms. The molecule has 1 rings (SSSR count). The second-order valence-corrected chi connectivity index (χ2v) is 4.04. The van der Waals surface area contributed by atoms with Gasteiger partial charge in [0.15, 0.2) is 0 Å². The van der Waals surface area contributed by atoms with Gasteiger partial charge in [-0.1, -0.05) is 0 Å². The van der Waals surface area contributed by atoms with E-state index >= 15 is 0 Å². The zero-order chi connectivity index (χ0) is 9.68. The maximum Gasteiger partial charge on any atom is 0.221 e. The minimum absolute atomic E-state index is 0.0737. The van der Waals surface area contributed by atoms with Crippen LogP contribution in [-0.2, 0) is 4.79 Å². The van der Waals surface area contributed by atoms with Gasteiger partial charge in [-0.15, -0.1) is 11.6 Å². The van der Waals surface area contributed by atoms with E-state index in [1.807, 2.05) is 0 Å². The number of likely N-dealkylation sites (tertiary alicyclic amines) is 1. The summed E-state index contributed by atoms with van der Waals surface area (Å²) in [5.41, 5.74) is 0. The van der Waals surface area contributed by atoms with Crippen LogP contribution in [0.5, 0.6) is 0 Å². The van der Waals surface area contributed by atoms with Crippen LogP contribution in [0, 0.1) is 5.92 Å². The fourth-order valence-electron chi connectivity index (χ4n) is 1.63. The van der Waals surface area contributed by atoms with Gasteiger partial charge in [0.1, 0.15) is 0 Å². The summed E-state index contributed by atoms with van der Waals surface area (Å²) in [5.74, 6) is 1.12. The monoisotopic (exact) mass is 204 g/mol. The van der Waals surface area contributed by atoms with E-state index in [9.17, 15) is 4.79 Å². The lowest BCUT2D eigenvalue weighted by Crippen LogP contribution is -2.30. The van der Waals surface area contributed by atoms with Gasteiger partial charge in [0.25, 0.3) is 0 Å². The Morgan fingerprint density at radius 1 is 1.69 bits per heavy atom. The number of hydrogen-bond acceptors (Lipinski definition) is 2. The van der Waals surface area contributed by atoms with E-state index in [4.69, 9.17) is 11.6 Å². The van der Waals surface area contributed by atoms with Crippen molar-refractivity contribution in [3.8, 4) is 0 Å². The molecule has 0 radical (unpaired) electrons. The normalized spacial score (nSPS) is 23.4. The third kappa shape index (κ3) is 3.96. The Labute approximate surface area is 84.4 Å². The van der Waals surface area contributed by atoms with Gasteiger partial charge >= 0.3 is 0 Å². The lowest BCUT2D eigenvalue weighted by atomic mass is 10.1. The number of alkyl halides is 1. The summed E-state index contributed by atoms with van der Waals surface area (Å²) in [5, 5.41) is 2.90. The molecule has 0 bridgehead atoms. The second-order valence-electron chi connectivity index (χ2n) is 3.66. The summed E-state index contributed by atoms with van der Waals surface area (Å²) in [6.07, 6.45) is 1.63. The molecule has 76 valence electrons. The van der Waals surface area contributed by atoms with E-state index in [0.29, 0.717) is 18.2 Å². The van der Waals surface area contributed by atoms with Crippen molar-refractivity contribution in [2.24, 2.45) is 5.92 Å².